The fourth-order valence-corrected chi connectivity index (χ4v) is 4.82. The number of carbonyl (C=O) groups is 1. The first-order valence-corrected chi connectivity index (χ1v) is 10.0. The lowest BCUT2D eigenvalue weighted by atomic mass is 9.73. The van der Waals surface area contributed by atoms with Crippen LogP contribution >= 0.6 is 0 Å². The second-order valence-corrected chi connectivity index (χ2v) is 8.20. The summed E-state index contributed by atoms with van der Waals surface area (Å²) >= 11 is 0. The Morgan fingerprint density at radius 2 is 1.35 bits per heavy atom. The number of hydrogen-bond donors (Lipinski definition) is 1. The van der Waals surface area contributed by atoms with Gasteiger partial charge in [-0.15, -0.1) is 0 Å². The van der Waals surface area contributed by atoms with Crippen molar-refractivity contribution in [1.29, 1.82) is 0 Å². The van der Waals surface area contributed by atoms with E-state index in [1.165, 1.54) is 32.1 Å². The zero-order valence-electron chi connectivity index (χ0n) is 14.6. The van der Waals surface area contributed by atoms with E-state index in [1.807, 2.05) is 0 Å². The lowest BCUT2D eigenvalue weighted by Crippen LogP contribution is -2.35. The molecule has 3 fully saturated rings. The van der Waals surface area contributed by atoms with E-state index in [1.54, 1.807) is 0 Å². The van der Waals surface area contributed by atoms with Gasteiger partial charge in [-0.3, -0.25) is 4.79 Å². The maximum absolute atomic E-state index is 12.7. The zero-order chi connectivity index (χ0) is 16.1. The monoisotopic (exact) mass is 315 g/mol. The summed E-state index contributed by atoms with van der Waals surface area (Å²) in [6.07, 6.45) is 15.4. The molecule has 0 bridgehead atoms. The highest BCUT2D eigenvalue weighted by Crippen LogP contribution is 2.34. The SMILES string of the molecule is NC1CCCC(C(=O)C2CCC(C#CC3CCCCC3)CC2)C1. The number of rotatable bonds is 2. The predicted octanol–water partition coefficient (Wildman–Crippen LogP) is 4.46. The molecule has 3 rings (SSSR count). The summed E-state index contributed by atoms with van der Waals surface area (Å²) in [5.74, 6) is 9.41. The second-order valence-electron chi connectivity index (χ2n) is 8.20. The third-order valence-corrected chi connectivity index (χ3v) is 6.34. The van der Waals surface area contributed by atoms with E-state index in [2.05, 4.69) is 11.8 Å². The molecule has 0 aromatic heterocycles. The third-order valence-electron chi connectivity index (χ3n) is 6.34. The molecule has 0 spiro atoms. The van der Waals surface area contributed by atoms with Crippen molar-refractivity contribution >= 4 is 5.78 Å². The number of ketones is 1. The molecule has 2 N–H and O–H groups in total. The minimum Gasteiger partial charge on any atom is -0.328 e. The van der Waals surface area contributed by atoms with Gasteiger partial charge in [0.2, 0.25) is 0 Å². The number of nitrogens with two attached hydrogens (primary N) is 1. The Morgan fingerprint density at radius 3 is 2.00 bits per heavy atom. The standard InChI is InChI=1S/C21H33NO/c22-20-8-4-7-19(15-20)21(23)18-13-11-17(12-14-18)10-9-16-5-2-1-3-6-16/h16-20H,1-8,11-15,22H2. The Hall–Kier alpha value is -0.810. The molecule has 0 aliphatic heterocycles. The van der Waals surface area contributed by atoms with Crippen molar-refractivity contribution in [2.24, 2.45) is 29.4 Å². The summed E-state index contributed by atoms with van der Waals surface area (Å²) in [6, 6.07) is 0.260. The molecule has 2 atom stereocenters. The van der Waals surface area contributed by atoms with Gasteiger partial charge in [0.25, 0.3) is 0 Å². The molecule has 2 unspecified atom stereocenters. The van der Waals surface area contributed by atoms with Crippen LogP contribution in [0.15, 0.2) is 0 Å². The lowest BCUT2D eigenvalue weighted by molar-refractivity contribution is -0.129. The van der Waals surface area contributed by atoms with E-state index in [-0.39, 0.29) is 12.0 Å². The quantitative estimate of drug-likeness (QED) is 0.764. The van der Waals surface area contributed by atoms with Crippen LogP contribution in [0, 0.1) is 35.5 Å². The summed E-state index contributed by atoms with van der Waals surface area (Å²) in [5, 5.41) is 0. The Bertz CT molecular complexity index is 446. The van der Waals surface area contributed by atoms with Gasteiger partial charge < -0.3 is 5.73 Å². The summed E-state index contributed by atoms with van der Waals surface area (Å²) in [5.41, 5.74) is 6.05. The molecule has 0 aromatic carbocycles. The lowest BCUT2D eigenvalue weighted by Gasteiger charge is -2.31. The molecule has 3 aliphatic rings. The molecule has 2 heteroatoms. The van der Waals surface area contributed by atoms with E-state index < -0.39 is 0 Å². The Kier molecular flexibility index (Phi) is 6.17. The predicted molar refractivity (Wildman–Crippen MR) is 94.7 cm³/mol. The fourth-order valence-electron chi connectivity index (χ4n) is 4.82. The molecule has 128 valence electrons. The summed E-state index contributed by atoms with van der Waals surface area (Å²) in [6.45, 7) is 0. The normalized spacial score (nSPS) is 36.0. The maximum Gasteiger partial charge on any atom is 0.139 e. The maximum atomic E-state index is 12.7. The van der Waals surface area contributed by atoms with Crippen molar-refractivity contribution in [3.63, 3.8) is 0 Å². The molecule has 3 aliphatic carbocycles. The van der Waals surface area contributed by atoms with Crippen LogP contribution in [-0.2, 0) is 4.79 Å². The average molecular weight is 316 g/mol. The molecule has 3 saturated carbocycles. The van der Waals surface area contributed by atoms with Crippen molar-refractivity contribution in [2.75, 3.05) is 0 Å². The summed E-state index contributed by atoms with van der Waals surface area (Å²) < 4.78 is 0. The van der Waals surface area contributed by atoms with Gasteiger partial charge in [0.1, 0.15) is 5.78 Å². The minimum atomic E-state index is 0.258. The molecule has 0 amide bonds. The van der Waals surface area contributed by atoms with Crippen molar-refractivity contribution in [1.82, 2.24) is 0 Å². The van der Waals surface area contributed by atoms with Crippen LogP contribution in [-0.4, -0.2) is 11.8 Å². The summed E-state index contributed by atoms with van der Waals surface area (Å²) in [4.78, 5) is 12.7. The Labute approximate surface area is 142 Å². The van der Waals surface area contributed by atoms with Crippen LogP contribution in [0.25, 0.3) is 0 Å². The number of Topliss-reactive ketones (excluding diaryl/α,β-unsaturated/α-hetero) is 1. The van der Waals surface area contributed by atoms with E-state index in [9.17, 15) is 4.79 Å². The molecular formula is C21H33NO. The molecule has 0 aromatic rings. The van der Waals surface area contributed by atoms with Crippen molar-refractivity contribution in [3.8, 4) is 11.8 Å². The van der Waals surface area contributed by atoms with Gasteiger partial charge in [0, 0.05) is 29.7 Å². The van der Waals surface area contributed by atoms with Crippen LogP contribution < -0.4 is 5.73 Å². The van der Waals surface area contributed by atoms with Gasteiger partial charge in [0.15, 0.2) is 0 Å². The first-order valence-electron chi connectivity index (χ1n) is 10.0. The largest absolute Gasteiger partial charge is 0.328 e. The van der Waals surface area contributed by atoms with E-state index in [0.717, 1.165) is 51.4 Å². The molecule has 0 heterocycles. The number of hydrogen-bond acceptors (Lipinski definition) is 2. The minimum absolute atomic E-state index is 0.258. The first-order chi connectivity index (χ1) is 11.2. The van der Waals surface area contributed by atoms with Crippen LogP contribution in [0.5, 0.6) is 0 Å². The highest BCUT2D eigenvalue weighted by Gasteiger charge is 2.32. The van der Waals surface area contributed by atoms with Gasteiger partial charge in [-0.2, -0.15) is 0 Å². The van der Waals surface area contributed by atoms with E-state index in [0.29, 0.717) is 23.5 Å². The fraction of sp³-hybridized carbons (Fsp3) is 0.857. The zero-order valence-corrected chi connectivity index (χ0v) is 14.6. The van der Waals surface area contributed by atoms with Gasteiger partial charge in [0.05, 0.1) is 0 Å². The van der Waals surface area contributed by atoms with Gasteiger partial charge in [-0.05, 0) is 57.8 Å². The highest BCUT2D eigenvalue weighted by molar-refractivity contribution is 5.83. The summed E-state index contributed by atoms with van der Waals surface area (Å²) in [7, 11) is 0. The number of carbonyl (C=O) groups excluding carboxylic acids is 1. The van der Waals surface area contributed by atoms with E-state index >= 15 is 0 Å². The van der Waals surface area contributed by atoms with Crippen LogP contribution in [0.2, 0.25) is 0 Å². The van der Waals surface area contributed by atoms with Crippen LogP contribution in [0.3, 0.4) is 0 Å². The Balaban J connectivity index is 1.44. The van der Waals surface area contributed by atoms with Gasteiger partial charge in [-0.1, -0.05) is 37.5 Å². The molecular weight excluding hydrogens is 282 g/mol. The molecule has 23 heavy (non-hydrogen) atoms. The molecule has 2 nitrogen and oxygen atoms in total. The average Bonchev–Trinajstić information content (AvgIpc) is 2.61. The Morgan fingerprint density at radius 1 is 0.696 bits per heavy atom. The van der Waals surface area contributed by atoms with Gasteiger partial charge >= 0.3 is 0 Å². The van der Waals surface area contributed by atoms with Crippen molar-refractivity contribution < 1.29 is 4.79 Å². The first kappa shape index (κ1) is 17.0. The third kappa shape index (κ3) is 4.83. The molecule has 0 radical (unpaired) electrons. The topological polar surface area (TPSA) is 43.1 Å². The van der Waals surface area contributed by atoms with Crippen molar-refractivity contribution in [2.45, 2.75) is 89.5 Å². The van der Waals surface area contributed by atoms with Crippen LogP contribution in [0.1, 0.15) is 83.5 Å². The van der Waals surface area contributed by atoms with Gasteiger partial charge in [-0.25, -0.2) is 0 Å². The second kappa shape index (κ2) is 8.34. The highest BCUT2D eigenvalue weighted by atomic mass is 16.1. The van der Waals surface area contributed by atoms with E-state index in [4.69, 9.17) is 5.73 Å². The smallest absolute Gasteiger partial charge is 0.139 e. The molecule has 0 saturated heterocycles. The van der Waals surface area contributed by atoms with Crippen LogP contribution in [0.4, 0.5) is 0 Å². The van der Waals surface area contributed by atoms with Crippen molar-refractivity contribution in [3.05, 3.63) is 0 Å².